The average Bonchev–Trinajstić information content (AvgIpc) is 2.88. The topological polar surface area (TPSA) is 6.48 Å². The quantitative estimate of drug-likeness (QED) is 0.340. The van der Waals surface area contributed by atoms with Crippen LogP contribution in [0.1, 0.15) is 135 Å². The molecular weight excluding hydrogens is 424 g/mol. The zero-order valence-electron chi connectivity index (χ0n) is 23.0. The van der Waals surface area contributed by atoms with Gasteiger partial charge in [0, 0.05) is 38.6 Å². The fourth-order valence-electron chi connectivity index (χ4n) is 5.89. The summed E-state index contributed by atoms with van der Waals surface area (Å²) in [6.07, 6.45) is 43.9. The molecule has 0 unspecified atom stereocenters. The third kappa shape index (κ3) is 13.4. The van der Waals surface area contributed by atoms with E-state index in [0.29, 0.717) is 0 Å². The molecule has 0 aliphatic carbocycles. The van der Waals surface area contributed by atoms with Gasteiger partial charge in [-0.05, 0) is 49.7 Å². The second kappa shape index (κ2) is 18.8. The minimum Gasteiger partial charge on any atom is -0.373 e. The summed E-state index contributed by atoms with van der Waals surface area (Å²) in [7, 11) is 0. The summed E-state index contributed by atoms with van der Waals surface area (Å²) in [5, 5.41) is 0. The summed E-state index contributed by atoms with van der Waals surface area (Å²) in [6.45, 7) is 4.73. The number of nitrogens with zero attached hydrogens (tertiary/aromatic N) is 2. The Labute approximate surface area is 218 Å². The van der Waals surface area contributed by atoms with Crippen LogP contribution in [0.5, 0.6) is 0 Å². The monoisotopic (exact) mass is 480 g/mol. The third-order valence-corrected chi connectivity index (χ3v) is 8.11. The van der Waals surface area contributed by atoms with E-state index in [9.17, 15) is 0 Å². The Bertz CT molecular complexity index is 656. The van der Waals surface area contributed by atoms with Gasteiger partial charge in [-0.3, -0.25) is 0 Å². The van der Waals surface area contributed by atoms with Crippen molar-refractivity contribution >= 4 is 0 Å². The second-order valence-corrected chi connectivity index (χ2v) is 11.4. The van der Waals surface area contributed by atoms with Crippen molar-refractivity contribution in [3.05, 3.63) is 47.9 Å². The van der Waals surface area contributed by atoms with Gasteiger partial charge in [0.05, 0.1) is 0 Å². The van der Waals surface area contributed by atoms with Crippen molar-refractivity contribution in [2.75, 3.05) is 26.2 Å². The lowest BCUT2D eigenvalue weighted by atomic mass is 10.0. The van der Waals surface area contributed by atoms with Crippen LogP contribution in [0.15, 0.2) is 47.9 Å². The Morgan fingerprint density at radius 2 is 0.686 bits per heavy atom. The maximum atomic E-state index is 2.56. The highest BCUT2D eigenvalue weighted by molar-refractivity contribution is 5.22. The number of hydrogen-bond acceptors (Lipinski definition) is 2. The van der Waals surface area contributed by atoms with E-state index in [1.54, 1.807) is 11.1 Å². The maximum absolute atomic E-state index is 2.56. The van der Waals surface area contributed by atoms with Gasteiger partial charge < -0.3 is 9.80 Å². The number of hydrogen-bond donors (Lipinski definition) is 0. The van der Waals surface area contributed by atoms with E-state index < -0.39 is 0 Å². The largest absolute Gasteiger partial charge is 0.373 e. The SMILES string of the molecule is C1=CC2=CN(C1)CCCCCCCCCCCCC1=CN(CC=C1)CCCCCCCCCCC2. The summed E-state index contributed by atoms with van der Waals surface area (Å²) in [6, 6.07) is 0. The number of allylic oxidation sites excluding steroid dienone is 4. The first-order valence-electron chi connectivity index (χ1n) is 15.6. The highest BCUT2D eigenvalue weighted by Crippen LogP contribution is 2.20. The van der Waals surface area contributed by atoms with Crippen molar-refractivity contribution in [2.45, 2.75) is 135 Å². The van der Waals surface area contributed by atoms with Crippen LogP contribution in [0, 0.1) is 0 Å². The lowest BCUT2D eigenvalue weighted by Gasteiger charge is -2.23. The Morgan fingerprint density at radius 1 is 0.371 bits per heavy atom. The van der Waals surface area contributed by atoms with Crippen LogP contribution in [0.25, 0.3) is 0 Å². The fraction of sp³-hybridized carbons (Fsp3) is 0.758. The zero-order valence-corrected chi connectivity index (χ0v) is 23.0. The smallest absolute Gasteiger partial charge is 0.0357 e. The summed E-state index contributed by atoms with van der Waals surface area (Å²) in [4.78, 5) is 5.12. The highest BCUT2D eigenvalue weighted by Gasteiger charge is 2.07. The van der Waals surface area contributed by atoms with E-state index in [-0.39, 0.29) is 0 Å². The third-order valence-electron chi connectivity index (χ3n) is 8.11. The van der Waals surface area contributed by atoms with E-state index in [2.05, 4.69) is 46.5 Å². The standard InChI is InChI=1S/C33H56N2/c1-2-6-10-14-18-26-34-28-21-25-33(31-34)23-17-13-9-5-3-7-11-15-19-27-35-29-20-24-32(30-35)22-16-12-8-4-1/h20-21,24-25,30-31H,1-19,22-23,26-29H2. The molecule has 3 rings (SSSR count). The van der Waals surface area contributed by atoms with Crippen molar-refractivity contribution in [1.82, 2.24) is 9.80 Å². The molecule has 0 fully saturated rings. The van der Waals surface area contributed by atoms with E-state index in [1.165, 1.54) is 148 Å². The normalized spacial score (nSPS) is 24.0. The molecule has 0 spiro atoms. The highest BCUT2D eigenvalue weighted by atomic mass is 15.1. The van der Waals surface area contributed by atoms with E-state index >= 15 is 0 Å². The molecule has 0 atom stereocenters. The predicted octanol–water partition coefficient (Wildman–Crippen LogP) is 9.70. The van der Waals surface area contributed by atoms with Gasteiger partial charge in [0.15, 0.2) is 0 Å². The van der Waals surface area contributed by atoms with E-state index in [1.807, 2.05) is 0 Å². The number of rotatable bonds is 0. The molecule has 0 aromatic rings. The van der Waals surface area contributed by atoms with E-state index in [4.69, 9.17) is 0 Å². The van der Waals surface area contributed by atoms with Gasteiger partial charge in [0.1, 0.15) is 0 Å². The molecule has 198 valence electrons. The molecule has 0 aromatic carbocycles. The average molecular weight is 481 g/mol. The lowest BCUT2D eigenvalue weighted by Crippen LogP contribution is -2.21. The Balaban J connectivity index is 1.34. The van der Waals surface area contributed by atoms with Crippen molar-refractivity contribution in [3.63, 3.8) is 0 Å². The van der Waals surface area contributed by atoms with Gasteiger partial charge in [-0.15, -0.1) is 0 Å². The molecule has 3 aliphatic rings. The molecule has 0 amide bonds. The summed E-state index contributed by atoms with van der Waals surface area (Å²) in [5.41, 5.74) is 3.12. The minimum absolute atomic E-state index is 1.12. The first-order chi connectivity index (χ1) is 17.4. The van der Waals surface area contributed by atoms with Gasteiger partial charge >= 0.3 is 0 Å². The van der Waals surface area contributed by atoms with Crippen LogP contribution in [0.2, 0.25) is 0 Å². The first-order valence-corrected chi connectivity index (χ1v) is 15.6. The molecule has 0 radical (unpaired) electrons. The molecule has 3 aliphatic heterocycles. The van der Waals surface area contributed by atoms with Gasteiger partial charge in [0.25, 0.3) is 0 Å². The Kier molecular flexibility index (Phi) is 15.1. The van der Waals surface area contributed by atoms with Gasteiger partial charge in [-0.25, -0.2) is 0 Å². The summed E-state index contributed by atoms with van der Waals surface area (Å²) >= 11 is 0. The lowest BCUT2D eigenvalue weighted by molar-refractivity contribution is 0.387. The molecular formula is C33H56N2. The summed E-state index contributed by atoms with van der Waals surface area (Å²) in [5.74, 6) is 0. The predicted molar refractivity (Wildman–Crippen MR) is 155 cm³/mol. The molecule has 0 saturated carbocycles. The van der Waals surface area contributed by atoms with Gasteiger partial charge in [0.2, 0.25) is 0 Å². The van der Waals surface area contributed by atoms with Gasteiger partial charge in [-0.2, -0.15) is 0 Å². The molecule has 35 heavy (non-hydrogen) atoms. The van der Waals surface area contributed by atoms with Crippen molar-refractivity contribution in [3.8, 4) is 0 Å². The van der Waals surface area contributed by atoms with Crippen molar-refractivity contribution in [2.24, 2.45) is 0 Å². The molecule has 0 N–H and O–H groups in total. The molecule has 0 saturated heterocycles. The first kappa shape index (κ1) is 28.1. The Morgan fingerprint density at radius 3 is 1.06 bits per heavy atom. The minimum atomic E-state index is 1.12. The van der Waals surface area contributed by atoms with Crippen LogP contribution in [-0.2, 0) is 0 Å². The number of fused-ring (bicyclic) bond motifs is 2. The van der Waals surface area contributed by atoms with Crippen molar-refractivity contribution < 1.29 is 0 Å². The van der Waals surface area contributed by atoms with Crippen LogP contribution < -0.4 is 0 Å². The van der Waals surface area contributed by atoms with Crippen LogP contribution in [-0.4, -0.2) is 36.0 Å². The Hall–Kier alpha value is -1.44. The fourth-order valence-corrected chi connectivity index (χ4v) is 5.89. The molecule has 4 bridgehead atoms. The van der Waals surface area contributed by atoms with Crippen LogP contribution in [0.4, 0.5) is 0 Å². The van der Waals surface area contributed by atoms with Crippen LogP contribution in [0.3, 0.4) is 0 Å². The van der Waals surface area contributed by atoms with Gasteiger partial charge in [-0.1, -0.05) is 121 Å². The second-order valence-electron chi connectivity index (χ2n) is 11.4. The van der Waals surface area contributed by atoms with Crippen LogP contribution >= 0.6 is 0 Å². The van der Waals surface area contributed by atoms with E-state index in [0.717, 1.165) is 13.1 Å². The maximum Gasteiger partial charge on any atom is 0.0357 e. The molecule has 2 nitrogen and oxygen atoms in total. The molecule has 2 heteroatoms. The summed E-state index contributed by atoms with van der Waals surface area (Å²) < 4.78 is 0. The zero-order chi connectivity index (χ0) is 24.2. The molecule has 3 heterocycles. The van der Waals surface area contributed by atoms with Crippen molar-refractivity contribution in [1.29, 1.82) is 0 Å². The molecule has 0 aromatic heterocycles.